The van der Waals surface area contributed by atoms with Gasteiger partial charge < -0.3 is 0 Å². The van der Waals surface area contributed by atoms with Gasteiger partial charge >= 0.3 is 0 Å². The third kappa shape index (κ3) is 2.53. The molecule has 0 spiro atoms. The van der Waals surface area contributed by atoms with Crippen LogP contribution in [-0.2, 0) is 0 Å². The van der Waals surface area contributed by atoms with E-state index in [2.05, 4.69) is 54.2 Å². The molecule has 15 heavy (non-hydrogen) atoms. The first-order valence-electron chi connectivity index (χ1n) is 5.06. The molecule has 0 bridgehead atoms. The highest BCUT2D eigenvalue weighted by atomic mass is 14.9. The third-order valence-electron chi connectivity index (χ3n) is 2.30. The Morgan fingerprint density at radius 2 is 1.53 bits per heavy atom. The van der Waals surface area contributed by atoms with Crippen molar-refractivity contribution in [3.05, 3.63) is 66.5 Å². The lowest BCUT2D eigenvalue weighted by molar-refractivity contribution is -0.580. The molecule has 0 aliphatic rings. The Bertz CT molecular complexity index is 443. The van der Waals surface area contributed by atoms with Crippen molar-refractivity contribution in [3.63, 3.8) is 0 Å². The van der Waals surface area contributed by atoms with Gasteiger partial charge in [0.05, 0.1) is 0 Å². The standard InChI is InChI=1S/C14H14N/c1-13(15-10-6-3-7-11-15)12-14-8-4-2-5-9-14/h2-12H,1H3/q+1/b13-12+. The van der Waals surface area contributed by atoms with E-state index in [0.29, 0.717) is 0 Å². The Morgan fingerprint density at radius 3 is 2.20 bits per heavy atom. The fraction of sp³-hybridized carbons (Fsp3) is 0.0714. The minimum Gasteiger partial charge on any atom is -0.171 e. The summed E-state index contributed by atoms with van der Waals surface area (Å²) in [5, 5.41) is 0. The van der Waals surface area contributed by atoms with Crippen molar-refractivity contribution < 1.29 is 4.57 Å². The fourth-order valence-electron chi connectivity index (χ4n) is 1.50. The topological polar surface area (TPSA) is 3.88 Å². The molecule has 0 saturated heterocycles. The molecule has 0 saturated carbocycles. The molecule has 0 fully saturated rings. The zero-order chi connectivity index (χ0) is 10.5. The maximum Gasteiger partial charge on any atom is 0.184 e. The van der Waals surface area contributed by atoms with E-state index in [-0.39, 0.29) is 0 Å². The van der Waals surface area contributed by atoms with Crippen LogP contribution < -0.4 is 4.57 Å². The molecule has 0 radical (unpaired) electrons. The quantitative estimate of drug-likeness (QED) is 0.650. The molecule has 1 heteroatoms. The molecule has 1 nitrogen and oxygen atoms in total. The van der Waals surface area contributed by atoms with E-state index in [4.69, 9.17) is 0 Å². The van der Waals surface area contributed by atoms with Crippen molar-refractivity contribution in [2.75, 3.05) is 0 Å². The fourth-order valence-corrected chi connectivity index (χ4v) is 1.50. The van der Waals surface area contributed by atoms with Gasteiger partial charge in [-0.3, -0.25) is 0 Å². The number of aromatic nitrogens is 1. The summed E-state index contributed by atoms with van der Waals surface area (Å²) in [7, 11) is 0. The van der Waals surface area contributed by atoms with Crippen LogP contribution >= 0.6 is 0 Å². The molecule has 0 atom stereocenters. The molecule has 0 aliphatic carbocycles. The van der Waals surface area contributed by atoms with Gasteiger partial charge in [-0.1, -0.05) is 36.4 Å². The molecule has 0 aliphatic heterocycles. The number of pyridine rings is 1. The van der Waals surface area contributed by atoms with E-state index in [0.717, 1.165) is 0 Å². The van der Waals surface area contributed by atoms with E-state index in [9.17, 15) is 0 Å². The molecule has 1 aromatic carbocycles. The summed E-state index contributed by atoms with van der Waals surface area (Å²) in [4.78, 5) is 0. The molecule has 1 heterocycles. The zero-order valence-corrected chi connectivity index (χ0v) is 8.80. The lowest BCUT2D eigenvalue weighted by Gasteiger charge is -1.95. The lowest BCUT2D eigenvalue weighted by atomic mass is 10.2. The van der Waals surface area contributed by atoms with Gasteiger partial charge in [-0.15, -0.1) is 0 Å². The third-order valence-corrected chi connectivity index (χ3v) is 2.30. The van der Waals surface area contributed by atoms with E-state index in [1.54, 1.807) is 0 Å². The molecule has 0 unspecified atom stereocenters. The van der Waals surface area contributed by atoms with Gasteiger partial charge in [-0.25, -0.2) is 0 Å². The summed E-state index contributed by atoms with van der Waals surface area (Å²) < 4.78 is 2.10. The first-order valence-corrected chi connectivity index (χ1v) is 5.06. The summed E-state index contributed by atoms with van der Waals surface area (Å²) in [6.45, 7) is 2.10. The molecule has 0 N–H and O–H groups in total. The van der Waals surface area contributed by atoms with Crippen LogP contribution in [0.5, 0.6) is 0 Å². The summed E-state index contributed by atoms with van der Waals surface area (Å²) in [5.41, 5.74) is 2.44. The highest BCUT2D eigenvalue weighted by molar-refractivity contribution is 5.64. The van der Waals surface area contributed by atoms with Crippen molar-refractivity contribution in [2.45, 2.75) is 6.92 Å². The maximum absolute atomic E-state index is 2.17. The van der Waals surface area contributed by atoms with E-state index >= 15 is 0 Å². The average Bonchev–Trinajstić information content (AvgIpc) is 2.31. The van der Waals surface area contributed by atoms with Crippen LogP contribution in [0.25, 0.3) is 11.8 Å². The van der Waals surface area contributed by atoms with Crippen LogP contribution in [0.1, 0.15) is 12.5 Å². The molecular formula is C14H14N+. The van der Waals surface area contributed by atoms with Crippen molar-refractivity contribution >= 4 is 11.8 Å². The second-order valence-electron chi connectivity index (χ2n) is 3.48. The molecule has 2 rings (SSSR count). The monoisotopic (exact) mass is 196 g/mol. The Balaban J connectivity index is 2.29. The van der Waals surface area contributed by atoms with Crippen molar-refractivity contribution in [3.8, 4) is 0 Å². The Kier molecular flexibility index (Phi) is 2.93. The van der Waals surface area contributed by atoms with E-state index in [1.165, 1.54) is 11.3 Å². The molecule has 0 amide bonds. The van der Waals surface area contributed by atoms with Gasteiger partial charge in [0.15, 0.2) is 18.1 Å². The zero-order valence-electron chi connectivity index (χ0n) is 8.80. The van der Waals surface area contributed by atoms with Gasteiger partial charge in [0, 0.05) is 25.1 Å². The predicted molar refractivity (Wildman–Crippen MR) is 62.9 cm³/mol. The van der Waals surface area contributed by atoms with Crippen LogP contribution in [0.4, 0.5) is 0 Å². The molecule has 74 valence electrons. The van der Waals surface area contributed by atoms with Gasteiger partial charge in [0.2, 0.25) is 0 Å². The molecule has 1 aromatic heterocycles. The summed E-state index contributed by atoms with van der Waals surface area (Å²) in [6.07, 6.45) is 6.27. The highest BCUT2D eigenvalue weighted by Gasteiger charge is 2.00. The summed E-state index contributed by atoms with van der Waals surface area (Å²) in [5.74, 6) is 0. The summed E-state index contributed by atoms with van der Waals surface area (Å²) >= 11 is 0. The number of hydrogen-bond donors (Lipinski definition) is 0. The molecular weight excluding hydrogens is 182 g/mol. The number of benzene rings is 1. The second kappa shape index (κ2) is 4.56. The summed E-state index contributed by atoms with van der Waals surface area (Å²) in [6, 6.07) is 16.4. The van der Waals surface area contributed by atoms with Crippen molar-refractivity contribution in [2.24, 2.45) is 0 Å². The number of rotatable bonds is 2. The number of hydrogen-bond acceptors (Lipinski definition) is 0. The van der Waals surface area contributed by atoms with Crippen LogP contribution in [0.15, 0.2) is 60.9 Å². The first kappa shape index (κ1) is 9.66. The van der Waals surface area contributed by atoms with E-state index < -0.39 is 0 Å². The van der Waals surface area contributed by atoms with Crippen LogP contribution in [0.3, 0.4) is 0 Å². The number of allylic oxidation sites excluding steroid dienone is 1. The second-order valence-corrected chi connectivity index (χ2v) is 3.48. The lowest BCUT2D eigenvalue weighted by Crippen LogP contribution is -2.28. The minimum atomic E-state index is 1.21. The maximum atomic E-state index is 2.17. The van der Waals surface area contributed by atoms with Gasteiger partial charge in [0.1, 0.15) is 0 Å². The minimum absolute atomic E-state index is 1.21. The van der Waals surface area contributed by atoms with Crippen LogP contribution in [0.2, 0.25) is 0 Å². The smallest absolute Gasteiger partial charge is 0.171 e. The predicted octanol–water partition coefficient (Wildman–Crippen LogP) is 2.99. The van der Waals surface area contributed by atoms with Crippen molar-refractivity contribution in [1.82, 2.24) is 0 Å². The van der Waals surface area contributed by atoms with Crippen LogP contribution in [-0.4, -0.2) is 0 Å². The Labute approximate surface area is 90.3 Å². The average molecular weight is 196 g/mol. The van der Waals surface area contributed by atoms with Crippen molar-refractivity contribution in [1.29, 1.82) is 0 Å². The van der Waals surface area contributed by atoms with Crippen LogP contribution in [0, 0.1) is 0 Å². The Hall–Kier alpha value is -1.89. The number of nitrogens with zero attached hydrogens (tertiary/aromatic N) is 1. The largest absolute Gasteiger partial charge is 0.184 e. The van der Waals surface area contributed by atoms with Gasteiger partial charge in [-0.05, 0) is 5.56 Å². The first-order chi connectivity index (χ1) is 7.36. The normalized spacial score (nSPS) is 11.4. The SMILES string of the molecule is C/C(=C\c1ccccc1)[n+]1ccccc1. The molecule has 2 aromatic rings. The van der Waals surface area contributed by atoms with Gasteiger partial charge in [-0.2, -0.15) is 4.57 Å². The Morgan fingerprint density at radius 1 is 0.933 bits per heavy atom. The highest BCUT2D eigenvalue weighted by Crippen LogP contribution is 2.05. The van der Waals surface area contributed by atoms with E-state index in [1.807, 2.05) is 24.3 Å². The van der Waals surface area contributed by atoms with Gasteiger partial charge in [0.25, 0.3) is 0 Å².